The topological polar surface area (TPSA) is 53.2 Å². The fourth-order valence-electron chi connectivity index (χ4n) is 1.54. The molecule has 0 aliphatic heterocycles. The number of nitriles is 1. The van der Waals surface area contributed by atoms with Crippen LogP contribution in [0.25, 0.3) is 0 Å². The van der Waals surface area contributed by atoms with Gasteiger partial charge in [-0.1, -0.05) is 0 Å². The standard InChI is InChI=1S/C14H9F2NO2/c15-11-2-4-13(10(6-11)8-18)19-14-3-1-9(7-17)5-12(14)16/h1-6,18H,8H2. The van der Waals surface area contributed by atoms with Gasteiger partial charge < -0.3 is 9.84 Å². The number of hydrogen-bond acceptors (Lipinski definition) is 3. The molecule has 0 saturated carbocycles. The smallest absolute Gasteiger partial charge is 0.167 e. The summed E-state index contributed by atoms with van der Waals surface area (Å²) in [4.78, 5) is 0. The fourth-order valence-corrected chi connectivity index (χ4v) is 1.54. The molecule has 0 spiro atoms. The van der Waals surface area contributed by atoms with E-state index in [1.807, 2.05) is 0 Å². The number of rotatable bonds is 3. The molecule has 0 aliphatic carbocycles. The highest BCUT2D eigenvalue weighted by Gasteiger charge is 2.10. The van der Waals surface area contributed by atoms with Crippen LogP contribution in [0.3, 0.4) is 0 Å². The molecule has 0 bridgehead atoms. The van der Waals surface area contributed by atoms with E-state index >= 15 is 0 Å². The second-order valence-electron chi connectivity index (χ2n) is 3.77. The molecule has 0 saturated heterocycles. The second kappa shape index (κ2) is 5.46. The summed E-state index contributed by atoms with van der Waals surface area (Å²) in [7, 11) is 0. The maximum absolute atomic E-state index is 13.6. The number of aliphatic hydroxyl groups is 1. The van der Waals surface area contributed by atoms with E-state index in [1.54, 1.807) is 6.07 Å². The molecule has 0 amide bonds. The number of ether oxygens (including phenoxy) is 1. The van der Waals surface area contributed by atoms with E-state index in [2.05, 4.69) is 0 Å². The molecule has 1 N–H and O–H groups in total. The normalized spacial score (nSPS) is 10.0. The maximum atomic E-state index is 13.6. The molecule has 2 rings (SSSR count). The summed E-state index contributed by atoms with van der Waals surface area (Å²) in [5.41, 5.74) is 0.384. The van der Waals surface area contributed by atoms with Gasteiger partial charge in [-0.15, -0.1) is 0 Å². The Kier molecular flexibility index (Phi) is 3.74. The summed E-state index contributed by atoms with van der Waals surface area (Å²) in [6.45, 7) is -0.426. The molecule has 0 aromatic heterocycles. The summed E-state index contributed by atoms with van der Waals surface area (Å²) >= 11 is 0. The lowest BCUT2D eigenvalue weighted by Gasteiger charge is -2.10. The van der Waals surface area contributed by atoms with E-state index in [0.717, 1.165) is 18.2 Å². The van der Waals surface area contributed by atoms with Crippen LogP contribution in [0.2, 0.25) is 0 Å². The minimum absolute atomic E-state index is 0.0969. The molecular weight excluding hydrogens is 252 g/mol. The molecule has 2 aromatic carbocycles. The van der Waals surface area contributed by atoms with Gasteiger partial charge in [0.2, 0.25) is 0 Å². The van der Waals surface area contributed by atoms with Gasteiger partial charge in [-0.2, -0.15) is 5.26 Å². The summed E-state index contributed by atoms with van der Waals surface area (Å²) in [5.74, 6) is -1.16. The van der Waals surface area contributed by atoms with Crippen molar-refractivity contribution >= 4 is 0 Å². The first-order valence-corrected chi connectivity index (χ1v) is 5.41. The lowest BCUT2D eigenvalue weighted by atomic mass is 10.2. The molecular formula is C14H9F2NO2. The third-order valence-electron chi connectivity index (χ3n) is 2.47. The van der Waals surface area contributed by atoms with Crippen LogP contribution in [0.15, 0.2) is 36.4 Å². The molecule has 96 valence electrons. The van der Waals surface area contributed by atoms with Gasteiger partial charge in [0.25, 0.3) is 0 Å². The summed E-state index contributed by atoms with van der Waals surface area (Å²) in [5, 5.41) is 17.7. The van der Waals surface area contributed by atoms with Gasteiger partial charge in [-0.05, 0) is 36.4 Å². The first kappa shape index (κ1) is 13.0. The van der Waals surface area contributed by atoms with Crippen LogP contribution >= 0.6 is 0 Å². The van der Waals surface area contributed by atoms with E-state index in [-0.39, 0.29) is 22.6 Å². The number of halogens is 2. The van der Waals surface area contributed by atoms with Crippen molar-refractivity contribution in [2.75, 3.05) is 0 Å². The van der Waals surface area contributed by atoms with Crippen LogP contribution in [-0.4, -0.2) is 5.11 Å². The van der Waals surface area contributed by atoms with Crippen LogP contribution in [0, 0.1) is 23.0 Å². The summed E-state index contributed by atoms with van der Waals surface area (Å²) in [6, 6.07) is 9.11. The molecule has 0 atom stereocenters. The third kappa shape index (κ3) is 2.87. The predicted molar refractivity (Wildman–Crippen MR) is 63.5 cm³/mol. The zero-order valence-electron chi connectivity index (χ0n) is 9.73. The highest BCUT2D eigenvalue weighted by Crippen LogP contribution is 2.28. The lowest BCUT2D eigenvalue weighted by molar-refractivity contribution is 0.275. The number of aliphatic hydroxyl groups excluding tert-OH is 1. The van der Waals surface area contributed by atoms with Crippen molar-refractivity contribution in [3.8, 4) is 17.6 Å². The van der Waals surface area contributed by atoms with Gasteiger partial charge in [0.1, 0.15) is 11.6 Å². The van der Waals surface area contributed by atoms with Crippen LogP contribution in [0.4, 0.5) is 8.78 Å². The molecule has 2 aromatic rings. The Labute approximate surface area is 108 Å². The molecule has 0 aliphatic rings. The average Bonchev–Trinajstić information content (AvgIpc) is 2.42. The minimum atomic E-state index is -0.702. The molecule has 5 heteroatoms. The van der Waals surface area contributed by atoms with Gasteiger partial charge in [0.05, 0.1) is 18.2 Å². The SMILES string of the molecule is N#Cc1ccc(Oc2ccc(F)cc2CO)c(F)c1. The van der Waals surface area contributed by atoms with Crippen molar-refractivity contribution in [2.24, 2.45) is 0 Å². The van der Waals surface area contributed by atoms with E-state index < -0.39 is 18.2 Å². The van der Waals surface area contributed by atoms with Crippen molar-refractivity contribution in [3.63, 3.8) is 0 Å². The number of hydrogen-bond donors (Lipinski definition) is 1. The average molecular weight is 261 g/mol. The first-order valence-electron chi connectivity index (χ1n) is 5.41. The van der Waals surface area contributed by atoms with Gasteiger partial charge in [0, 0.05) is 5.56 Å². The van der Waals surface area contributed by atoms with E-state index in [4.69, 9.17) is 15.1 Å². The molecule has 0 heterocycles. The Morgan fingerprint density at radius 3 is 2.47 bits per heavy atom. The van der Waals surface area contributed by atoms with Crippen molar-refractivity contribution in [2.45, 2.75) is 6.61 Å². The fraction of sp³-hybridized carbons (Fsp3) is 0.0714. The molecule has 0 radical (unpaired) electrons. The monoisotopic (exact) mass is 261 g/mol. The van der Waals surface area contributed by atoms with Crippen LogP contribution in [0.1, 0.15) is 11.1 Å². The molecule has 19 heavy (non-hydrogen) atoms. The van der Waals surface area contributed by atoms with E-state index in [0.29, 0.717) is 0 Å². The Morgan fingerprint density at radius 1 is 1.11 bits per heavy atom. The van der Waals surface area contributed by atoms with Crippen molar-refractivity contribution in [1.29, 1.82) is 5.26 Å². The maximum Gasteiger partial charge on any atom is 0.167 e. The largest absolute Gasteiger partial charge is 0.454 e. The van der Waals surface area contributed by atoms with Crippen LogP contribution in [-0.2, 0) is 6.61 Å². The quantitative estimate of drug-likeness (QED) is 0.923. The van der Waals surface area contributed by atoms with E-state index in [9.17, 15) is 8.78 Å². The van der Waals surface area contributed by atoms with Gasteiger partial charge in [0.15, 0.2) is 11.6 Å². The Balaban J connectivity index is 2.34. The number of nitrogens with zero attached hydrogens (tertiary/aromatic N) is 1. The van der Waals surface area contributed by atoms with Crippen molar-refractivity contribution in [3.05, 3.63) is 59.2 Å². The highest BCUT2D eigenvalue weighted by atomic mass is 19.1. The summed E-state index contributed by atoms with van der Waals surface area (Å²) < 4.78 is 31.9. The zero-order valence-corrected chi connectivity index (χ0v) is 9.73. The second-order valence-corrected chi connectivity index (χ2v) is 3.77. The minimum Gasteiger partial charge on any atom is -0.454 e. The van der Waals surface area contributed by atoms with Crippen LogP contribution < -0.4 is 4.74 Å². The van der Waals surface area contributed by atoms with Gasteiger partial charge in [-0.3, -0.25) is 0 Å². The van der Waals surface area contributed by atoms with Crippen molar-refractivity contribution in [1.82, 2.24) is 0 Å². The van der Waals surface area contributed by atoms with Gasteiger partial charge in [-0.25, -0.2) is 8.78 Å². The Bertz CT molecular complexity index is 650. The first-order chi connectivity index (χ1) is 9.13. The third-order valence-corrected chi connectivity index (χ3v) is 2.47. The predicted octanol–water partition coefficient (Wildman–Crippen LogP) is 3.12. The Hall–Kier alpha value is -2.45. The molecule has 0 unspecified atom stereocenters. The molecule has 3 nitrogen and oxygen atoms in total. The van der Waals surface area contributed by atoms with Gasteiger partial charge >= 0.3 is 0 Å². The zero-order chi connectivity index (χ0) is 13.8. The lowest BCUT2D eigenvalue weighted by Crippen LogP contribution is -1.95. The van der Waals surface area contributed by atoms with Crippen molar-refractivity contribution < 1.29 is 18.6 Å². The number of benzene rings is 2. The highest BCUT2D eigenvalue weighted by molar-refractivity contribution is 5.41. The van der Waals surface area contributed by atoms with Crippen LogP contribution in [0.5, 0.6) is 11.5 Å². The van der Waals surface area contributed by atoms with E-state index in [1.165, 1.54) is 18.2 Å². The molecule has 0 fully saturated rings. The summed E-state index contributed by atoms with van der Waals surface area (Å²) in [6.07, 6.45) is 0. The Morgan fingerprint density at radius 2 is 1.84 bits per heavy atom.